The lowest BCUT2D eigenvalue weighted by Crippen LogP contribution is -2.30. The van der Waals surface area contributed by atoms with Gasteiger partial charge in [0.05, 0.1) is 17.9 Å². The highest BCUT2D eigenvalue weighted by atomic mass is 32.2. The summed E-state index contributed by atoms with van der Waals surface area (Å²) in [6.45, 7) is 1.77. The van der Waals surface area contributed by atoms with Gasteiger partial charge in [-0.05, 0) is 35.2 Å². The number of H-pyrrole nitrogens is 1. The van der Waals surface area contributed by atoms with Crippen molar-refractivity contribution in [2.24, 2.45) is 16.6 Å². The van der Waals surface area contributed by atoms with Crippen LogP contribution in [-0.2, 0) is 30.9 Å². The van der Waals surface area contributed by atoms with Crippen LogP contribution in [0.25, 0.3) is 10.8 Å². The van der Waals surface area contributed by atoms with E-state index in [9.17, 15) is 31.2 Å². The summed E-state index contributed by atoms with van der Waals surface area (Å²) in [6.07, 6.45) is -5.32. The van der Waals surface area contributed by atoms with Gasteiger partial charge in [-0.1, -0.05) is 36.4 Å². The maximum absolute atomic E-state index is 13.2. The van der Waals surface area contributed by atoms with Gasteiger partial charge < -0.3 is 31.7 Å². The molecule has 1 aromatic heterocycles. The number of anilines is 1. The van der Waals surface area contributed by atoms with E-state index in [4.69, 9.17) is 26.2 Å². The Labute approximate surface area is 225 Å². The molecule has 216 valence electrons. The molecular weight excluding hydrogens is 561 g/mol. The molecule has 0 radical (unpaired) electrons. The highest BCUT2D eigenvalue weighted by Crippen LogP contribution is 2.25. The average molecular weight is 587 g/mol. The topological polar surface area (TPSA) is 219 Å². The number of aliphatic carboxylic acids is 1. The van der Waals surface area contributed by atoms with E-state index in [1.807, 2.05) is 0 Å². The number of benzene rings is 2. The van der Waals surface area contributed by atoms with Crippen molar-refractivity contribution in [3.8, 4) is 0 Å². The molecule has 0 saturated carbocycles. The number of hydrogen-bond acceptors (Lipinski definition) is 7. The van der Waals surface area contributed by atoms with Crippen molar-refractivity contribution in [3.05, 3.63) is 70.1 Å². The van der Waals surface area contributed by atoms with E-state index < -0.39 is 33.6 Å². The number of rotatable bonds is 9. The highest BCUT2D eigenvalue weighted by molar-refractivity contribution is 7.93. The van der Waals surface area contributed by atoms with Crippen LogP contribution in [0.5, 0.6) is 0 Å². The second kappa shape index (κ2) is 13.3. The van der Waals surface area contributed by atoms with Gasteiger partial charge in [0.1, 0.15) is 12.3 Å². The lowest BCUT2D eigenvalue weighted by molar-refractivity contribution is -0.192. The minimum Gasteiger partial charge on any atom is -0.475 e. The first-order valence-electron chi connectivity index (χ1n) is 11.1. The monoisotopic (exact) mass is 586 g/mol. The number of nitrogens with one attached hydrogen (secondary N) is 3. The molecule has 3 rings (SSSR count). The second-order valence-corrected chi connectivity index (χ2v) is 9.59. The summed E-state index contributed by atoms with van der Waals surface area (Å²) < 4.78 is 60.5. The van der Waals surface area contributed by atoms with Crippen molar-refractivity contribution >= 4 is 44.3 Å². The molecule has 0 aliphatic rings. The highest BCUT2D eigenvalue weighted by Gasteiger charge is 2.38. The summed E-state index contributed by atoms with van der Waals surface area (Å²) in [6, 6.07) is 13.4. The van der Waals surface area contributed by atoms with Gasteiger partial charge in [0.15, 0.2) is 0 Å². The first-order valence-corrected chi connectivity index (χ1v) is 12.6. The number of oxime groups is 1. The molecule has 13 nitrogen and oxygen atoms in total. The van der Waals surface area contributed by atoms with Gasteiger partial charge in [-0.2, -0.15) is 13.2 Å². The molecule has 40 heavy (non-hydrogen) atoms. The SMILES string of the molecule is Cc1cc(CC(=O)NCCON=C(N)N)c(NS(=O)(=O)c2cccc3ccccc23)c(=O)[nH]1.O=C(O)C(F)(F)F. The number of carboxylic acids is 1. The standard InChI is InChI=1S/C21H24N6O5S.C2HF3O2/c1-13-11-15(12-18(28)24-9-10-32-26-21(22)23)19(20(29)25-13)27-33(30,31)17-8-4-6-14-5-2-3-7-16(14)17;3-2(4,5)1(6)7/h2-8,11,27H,9-10,12H2,1H3,(H,24,28)(H,25,29)(H4,22,23,26);(H,6,7). The zero-order chi connectivity index (χ0) is 30.1. The molecular formula is C23H25F3N6O7S. The first kappa shape index (κ1) is 31.4. The van der Waals surface area contributed by atoms with Crippen molar-refractivity contribution < 1.29 is 41.1 Å². The molecule has 0 unspecified atom stereocenters. The number of nitrogens with two attached hydrogens (primary N) is 2. The molecule has 0 bridgehead atoms. The third-order valence-electron chi connectivity index (χ3n) is 4.80. The molecule has 1 amide bonds. The number of carbonyl (C=O) groups excluding carboxylic acids is 1. The zero-order valence-corrected chi connectivity index (χ0v) is 21.6. The average Bonchev–Trinajstić information content (AvgIpc) is 2.85. The molecule has 0 saturated heterocycles. The smallest absolute Gasteiger partial charge is 0.475 e. The molecule has 3 aromatic rings. The second-order valence-electron chi connectivity index (χ2n) is 7.94. The van der Waals surface area contributed by atoms with Crippen LogP contribution in [0.3, 0.4) is 0 Å². The molecule has 8 N–H and O–H groups in total. The summed E-state index contributed by atoms with van der Waals surface area (Å²) in [7, 11) is -4.13. The summed E-state index contributed by atoms with van der Waals surface area (Å²) in [5.41, 5.74) is 10.1. The number of hydrogen-bond donors (Lipinski definition) is 6. The number of nitrogens with zero attached hydrogens (tertiary/aromatic N) is 1. The van der Waals surface area contributed by atoms with Crippen molar-refractivity contribution in [2.45, 2.75) is 24.4 Å². The van der Waals surface area contributed by atoms with Crippen LogP contribution in [-0.4, -0.2) is 55.7 Å². The molecule has 0 spiro atoms. The number of amides is 1. The fraction of sp³-hybridized carbons (Fsp3) is 0.217. The lowest BCUT2D eigenvalue weighted by Gasteiger charge is -2.14. The largest absolute Gasteiger partial charge is 0.490 e. The van der Waals surface area contributed by atoms with Crippen LogP contribution in [0, 0.1) is 6.92 Å². The van der Waals surface area contributed by atoms with Crippen molar-refractivity contribution in [1.29, 1.82) is 0 Å². The van der Waals surface area contributed by atoms with Gasteiger partial charge >= 0.3 is 12.1 Å². The predicted octanol–water partition coefficient (Wildman–Crippen LogP) is 1.13. The summed E-state index contributed by atoms with van der Waals surface area (Å²) in [4.78, 5) is 41.2. The van der Waals surface area contributed by atoms with Crippen molar-refractivity contribution in [3.63, 3.8) is 0 Å². The van der Waals surface area contributed by atoms with Crippen LogP contribution in [0.15, 0.2) is 63.4 Å². The zero-order valence-electron chi connectivity index (χ0n) is 20.8. The van der Waals surface area contributed by atoms with E-state index >= 15 is 0 Å². The van der Waals surface area contributed by atoms with Crippen LogP contribution in [0.2, 0.25) is 0 Å². The van der Waals surface area contributed by atoms with Gasteiger partial charge in [-0.25, -0.2) is 13.2 Å². The lowest BCUT2D eigenvalue weighted by atomic mass is 10.1. The summed E-state index contributed by atoms with van der Waals surface area (Å²) >= 11 is 0. The number of halogens is 3. The molecule has 17 heteroatoms. The minimum absolute atomic E-state index is 0.0212. The summed E-state index contributed by atoms with van der Waals surface area (Å²) in [5, 5.41) is 14.3. The number of carbonyl (C=O) groups is 2. The predicted molar refractivity (Wildman–Crippen MR) is 139 cm³/mol. The Morgan fingerprint density at radius 3 is 2.38 bits per heavy atom. The number of aromatic nitrogens is 1. The Bertz CT molecular complexity index is 1560. The van der Waals surface area contributed by atoms with Gasteiger partial charge in [-0.3, -0.25) is 14.3 Å². The molecule has 0 aliphatic heterocycles. The number of aromatic amines is 1. The van der Waals surface area contributed by atoms with Crippen LogP contribution in [0.1, 0.15) is 11.3 Å². The van der Waals surface area contributed by atoms with Crippen LogP contribution >= 0.6 is 0 Å². The molecule has 1 heterocycles. The Hall–Kier alpha value is -4.80. The van der Waals surface area contributed by atoms with E-state index in [-0.39, 0.29) is 41.7 Å². The van der Waals surface area contributed by atoms with E-state index in [0.717, 1.165) is 5.39 Å². The van der Waals surface area contributed by atoms with Crippen molar-refractivity contribution in [2.75, 3.05) is 17.9 Å². The van der Waals surface area contributed by atoms with Gasteiger partial charge in [0.2, 0.25) is 11.9 Å². The van der Waals surface area contributed by atoms with E-state index in [1.165, 1.54) is 12.1 Å². The fourth-order valence-electron chi connectivity index (χ4n) is 3.22. The third kappa shape index (κ3) is 9.19. The maximum Gasteiger partial charge on any atom is 0.490 e. The number of sulfonamides is 1. The molecule has 0 atom stereocenters. The number of pyridine rings is 1. The molecule has 2 aromatic carbocycles. The van der Waals surface area contributed by atoms with E-state index in [1.54, 1.807) is 43.3 Å². The fourth-order valence-corrected chi connectivity index (χ4v) is 4.56. The number of carboxylic acid groups (broad SMARTS) is 1. The van der Waals surface area contributed by atoms with Gasteiger partial charge in [0, 0.05) is 11.1 Å². The number of fused-ring (bicyclic) bond motifs is 1. The van der Waals surface area contributed by atoms with E-state index in [0.29, 0.717) is 11.1 Å². The number of alkyl halides is 3. The van der Waals surface area contributed by atoms with Crippen LogP contribution < -0.4 is 27.1 Å². The Morgan fingerprint density at radius 1 is 1.12 bits per heavy atom. The summed E-state index contributed by atoms with van der Waals surface area (Å²) in [5.74, 6) is -3.45. The Balaban J connectivity index is 0.000000708. The van der Waals surface area contributed by atoms with Gasteiger partial charge in [0.25, 0.3) is 15.6 Å². The van der Waals surface area contributed by atoms with E-state index in [2.05, 4.69) is 20.2 Å². The third-order valence-corrected chi connectivity index (χ3v) is 6.21. The normalized spacial score (nSPS) is 11.1. The Kier molecular flexibility index (Phi) is 10.5. The molecule has 0 fully saturated rings. The number of guanidine groups is 1. The first-order chi connectivity index (χ1) is 18.6. The van der Waals surface area contributed by atoms with Gasteiger partial charge in [-0.15, -0.1) is 0 Å². The number of aryl methyl sites for hydroxylation is 1. The quantitative estimate of drug-likeness (QED) is 0.0915. The Morgan fingerprint density at radius 2 is 1.75 bits per heavy atom. The maximum atomic E-state index is 13.2. The van der Waals surface area contributed by atoms with Crippen LogP contribution in [0.4, 0.5) is 18.9 Å². The molecule has 0 aliphatic carbocycles. The van der Waals surface area contributed by atoms with Crippen molar-refractivity contribution in [1.82, 2.24) is 10.3 Å². The minimum atomic E-state index is -5.08.